The monoisotopic (exact) mass is 350 g/mol. The summed E-state index contributed by atoms with van der Waals surface area (Å²) in [7, 11) is 1.71. The van der Waals surface area contributed by atoms with Crippen LogP contribution in [0, 0.1) is 0 Å². The van der Waals surface area contributed by atoms with Gasteiger partial charge in [0.05, 0.1) is 12.8 Å². The molecule has 0 amide bonds. The van der Waals surface area contributed by atoms with E-state index in [2.05, 4.69) is 32.9 Å². The highest BCUT2D eigenvalue weighted by Crippen LogP contribution is 2.31. The molecule has 1 unspecified atom stereocenters. The van der Waals surface area contributed by atoms with E-state index in [1.54, 1.807) is 7.11 Å². The topological polar surface area (TPSA) is 54.6 Å². The van der Waals surface area contributed by atoms with Gasteiger partial charge in [-0.25, -0.2) is 0 Å². The second-order valence-electron chi connectivity index (χ2n) is 6.43. The highest BCUT2D eigenvalue weighted by Gasteiger charge is 2.28. The van der Waals surface area contributed by atoms with Crippen molar-refractivity contribution in [2.45, 2.75) is 13.0 Å². The molecular weight excluding hydrogens is 328 g/mol. The summed E-state index contributed by atoms with van der Waals surface area (Å²) in [6, 6.07) is 18.8. The molecule has 6 nitrogen and oxygen atoms in total. The zero-order valence-corrected chi connectivity index (χ0v) is 15.0. The standard InChI is InChI=1S/C20H22N4O2/c1-15-14-23(17-10-6-7-11-18(17)25-2)12-13-24(15)20-21-19(22-26-20)16-8-4-3-5-9-16/h3-11,15H,12-14H2,1-2H3. The van der Waals surface area contributed by atoms with E-state index in [-0.39, 0.29) is 6.04 Å². The smallest absolute Gasteiger partial charge is 0.324 e. The Morgan fingerprint density at radius 2 is 1.81 bits per heavy atom. The van der Waals surface area contributed by atoms with Crippen LogP contribution in [0.15, 0.2) is 59.1 Å². The number of ether oxygens (including phenoxy) is 1. The highest BCUT2D eigenvalue weighted by atomic mass is 16.5. The Bertz CT molecular complexity index is 865. The summed E-state index contributed by atoms with van der Waals surface area (Å²) in [6.07, 6.45) is 0. The first-order valence-corrected chi connectivity index (χ1v) is 8.80. The van der Waals surface area contributed by atoms with Gasteiger partial charge in [0, 0.05) is 31.2 Å². The number of rotatable bonds is 4. The Balaban J connectivity index is 1.50. The molecule has 2 heterocycles. The second kappa shape index (κ2) is 7.07. The van der Waals surface area contributed by atoms with Crippen LogP contribution in [-0.2, 0) is 0 Å². The fourth-order valence-corrected chi connectivity index (χ4v) is 3.39. The number of nitrogens with zero attached hydrogens (tertiary/aromatic N) is 4. The van der Waals surface area contributed by atoms with Crippen LogP contribution < -0.4 is 14.5 Å². The van der Waals surface area contributed by atoms with E-state index < -0.39 is 0 Å². The molecule has 1 fully saturated rings. The minimum atomic E-state index is 0.248. The molecule has 134 valence electrons. The third-order valence-electron chi connectivity index (χ3n) is 4.75. The first-order chi connectivity index (χ1) is 12.8. The molecule has 3 aromatic rings. The number of para-hydroxylation sites is 2. The molecule has 2 aromatic carbocycles. The lowest BCUT2D eigenvalue weighted by molar-refractivity contribution is 0.391. The Labute approximate surface area is 153 Å². The van der Waals surface area contributed by atoms with E-state index >= 15 is 0 Å². The van der Waals surface area contributed by atoms with Crippen LogP contribution in [0.5, 0.6) is 5.75 Å². The molecular formula is C20H22N4O2. The van der Waals surface area contributed by atoms with Crippen molar-refractivity contribution < 1.29 is 9.26 Å². The van der Waals surface area contributed by atoms with Gasteiger partial charge in [-0.05, 0) is 19.1 Å². The summed E-state index contributed by atoms with van der Waals surface area (Å²) in [5.74, 6) is 1.53. The zero-order valence-electron chi connectivity index (χ0n) is 15.0. The van der Waals surface area contributed by atoms with Gasteiger partial charge in [0.1, 0.15) is 5.75 Å². The van der Waals surface area contributed by atoms with Gasteiger partial charge in [-0.15, -0.1) is 0 Å². The second-order valence-corrected chi connectivity index (χ2v) is 6.43. The molecule has 0 aliphatic carbocycles. The summed E-state index contributed by atoms with van der Waals surface area (Å²) in [6.45, 7) is 4.72. The lowest BCUT2D eigenvalue weighted by atomic mass is 10.1. The molecule has 1 atom stereocenters. The van der Waals surface area contributed by atoms with Gasteiger partial charge in [-0.1, -0.05) is 47.6 Å². The van der Waals surface area contributed by atoms with Crippen LogP contribution in [0.25, 0.3) is 11.4 Å². The largest absolute Gasteiger partial charge is 0.495 e. The molecule has 0 saturated carbocycles. The average Bonchev–Trinajstić information content (AvgIpc) is 3.18. The van der Waals surface area contributed by atoms with Gasteiger partial charge in [0.15, 0.2) is 0 Å². The summed E-state index contributed by atoms with van der Waals surface area (Å²) >= 11 is 0. The fourth-order valence-electron chi connectivity index (χ4n) is 3.39. The van der Waals surface area contributed by atoms with Gasteiger partial charge in [0.2, 0.25) is 5.82 Å². The molecule has 1 aliphatic rings. The molecule has 0 N–H and O–H groups in total. The maximum atomic E-state index is 5.54. The van der Waals surface area contributed by atoms with Crippen LogP contribution in [-0.4, -0.2) is 42.9 Å². The SMILES string of the molecule is COc1ccccc1N1CCN(c2nc(-c3ccccc3)no2)C(C)C1. The van der Waals surface area contributed by atoms with Crippen molar-refractivity contribution in [1.82, 2.24) is 10.1 Å². The van der Waals surface area contributed by atoms with E-state index in [9.17, 15) is 0 Å². The Kier molecular flexibility index (Phi) is 4.48. The van der Waals surface area contributed by atoms with Gasteiger partial charge in [-0.3, -0.25) is 0 Å². The number of piperazine rings is 1. The Hall–Kier alpha value is -3.02. The summed E-state index contributed by atoms with van der Waals surface area (Å²) in [4.78, 5) is 9.10. The lowest BCUT2D eigenvalue weighted by Crippen LogP contribution is -2.52. The van der Waals surface area contributed by atoms with Crippen molar-refractivity contribution in [2.75, 3.05) is 36.5 Å². The Morgan fingerprint density at radius 3 is 2.58 bits per heavy atom. The summed E-state index contributed by atoms with van der Waals surface area (Å²) in [5, 5.41) is 4.14. The highest BCUT2D eigenvalue weighted by molar-refractivity contribution is 5.60. The number of aromatic nitrogens is 2. The van der Waals surface area contributed by atoms with Crippen molar-refractivity contribution in [1.29, 1.82) is 0 Å². The van der Waals surface area contributed by atoms with Crippen LogP contribution in [0.1, 0.15) is 6.92 Å². The van der Waals surface area contributed by atoms with E-state index in [1.807, 2.05) is 48.5 Å². The van der Waals surface area contributed by atoms with Gasteiger partial charge in [0.25, 0.3) is 0 Å². The van der Waals surface area contributed by atoms with Crippen LogP contribution in [0.4, 0.5) is 11.7 Å². The minimum absolute atomic E-state index is 0.248. The summed E-state index contributed by atoms with van der Waals surface area (Å²) < 4.78 is 11.0. The number of methoxy groups -OCH3 is 1. The molecule has 4 rings (SSSR count). The summed E-state index contributed by atoms with van der Waals surface area (Å²) in [5.41, 5.74) is 2.08. The molecule has 0 radical (unpaired) electrons. The molecule has 26 heavy (non-hydrogen) atoms. The van der Waals surface area contributed by atoms with Crippen molar-refractivity contribution >= 4 is 11.7 Å². The predicted octanol–water partition coefficient (Wildman–Crippen LogP) is 3.46. The third-order valence-corrected chi connectivity index (χ3v) is 4.75. The van der Waals surface area contributed by atoms with E-state index in [0.717, 1.165) is 36.6 Å². The fraction of sp³-hybridized carbons (Fsp3) is 0.300. The number of hydrogen-bond acceptors (Lipinski definition) is 6. The van der Waals surface area contributed by atoms with Gasteiger partial charge >= 0.3 is 6.01 Å². The van der Waals surface area contributed by atoms with Gasteiger partial charge < -0.3 is 19.1 Å². The third kappa shape index (κ3) is 3.10. The minimum Gasteiger partial charge on any atom is -0.495 e. The lowest BCUT2D eigenvalue weighted by Gasteiger charge is -2.40. The van der Waals surface area contributed by atoms with E-state index in [4.69, 9.17) is 9.26 Å². The number of hydrogen-bond donors (Lipinski definition) is 0. The first-order valence-electron chi connectivity index (χ1n) is 8.80. The maximum absolute atomic E-state index is 5.54. The van der Waals surface area contributed by atoms with Crippen molar-refractivity contribution in [3.8, 4) is 17.1 Å². The normalized spacial score (nSPS) is 17.4. The molecule has 1 aliphatic heterocycles. The van der Waals surface area contributed by atoms with Crippen molar-refractivity contribution in [3.05, 3.63) is 54.6 Å². The average molecular weight is 350 g/mol. The molecule has 6 heteroatoms. The van der Waals surface area contributed by atoms with Crippen molar-refractivity contribution in [3.63, 3.8) is 0 Å². The van der Waals surface area contributed by atoms with E-state index in [1.165, 1.54) is 0 Å². The number of benzene rings is 2. The van der Waals surface area contributed by atoms with Crippen LogP contribution in [0.3, 0.4) is 0 Å². The maximum Gasteiger partial charge on any atom is 0.324 e. The predicted molar refractivity (Wildman–Crippen MR) is 102 cm³/mol. The first kappa shape index (κ1) is 16.4. The molecule has 1 aromatic heterocycles. The number of anilines is 2. The Morgan fingerprint density at radius 1 is 1.04 bits per heavy atom. The zero-order chi connectivity index (χ0) is 17.9. The quantitative estimate of drug-likeness (QED) is 0.718. The van der Waals surface area contributed by atoms with Crippen molar-refractivity contribution in [2.24, 2.45) is 0 Å². The van der Waals surface area contributed by atoms with Gasteiger partial charge in [-0.2, -0.15) is 4.98 Å². The molecule has 0 bridgehead atoms. The van der Waals surface area contributed by atoms with E-state index in [0.29, 0.717) is 11.8 Å². The van der Waals surface area contributed by atoms with Crippen LogP contribution in [0.2, 0.25) is 0 Å². The van der Waals surface area contributed by atoms with Crippen LogP contribution >= 0.6 is 0 Å². The molecule has 1 saturated heterocycles. The molecule has 0 spiro atoms.